The van der Waals surface area contributed by atoms with Crippen LogP contribution in [0.15, 0.2) is 60.0 Å². The van der Waals surface area contributed by atoms with E-state index in [-0.39, 0.29) is 5.91 Å². The van der Waals surface area contributed by atoms with Gasteiger partial charge in [0, 0.05) is 50.2 Å². The number of benzene rings is 1. The molecule has 2 aromatic heterocycles. The molecular weight excluding hydrogens is 396 g/mol. The molecule has 1 amide bonds. The first-order valence-corrected chi connectivity index (χ1v) is 11.2. The van der Waals surface area contributed by atoms with E-state index < -0.39 is 0 Å². The largest absolute Gasteiger partial charge is 0.354 e. The van der Waals surface area contributed by atoms with Crippen LogP contribution in [0.5, 0.6) is 0 Å². The van der Waals surface area contributed by atoms with Crippen molar-refractivity contribution in [2.75, 3.05) is 44.4 Å². The molecule has 156 valence electrons. The fourth-order valence-electron chi connectivity index (χ4n) is 3.60. The molecule has 0 saturated carbocycles. The average molecular weight is 423 g/mol. The van der Waals surface area contributed by atoms with Gasteiger partial charge < -0.3 is 15.1 Å². The van der Waals surface area contributed by atoms with Gasteiger partial charge in [0.05, 0.1) is 6.20 Å². The maximum absolute atomic E-state index is 13.1. The van der Waals surface area contributed by atoms with Gasteiger partial charge in [-0.2, -0.15) is 0 Å². The molecule has 0 spiro atoms. The highest BCUT2D eigenvalue weighted by Crippen LogP contribution is 2.22. The van der Waals surface area contributed by atoms with E-state index in [1.54, 1.807) is 6.20 Å². The molecule has 0 atom stereocenters. The predicted octanol–water partition coefficient (Wildman–Crippen LogP) is 2.67. The lowest BCUT2D eigenvalue weighted by atomic mass is 10.2. The van der Waals surface area contributed by atoms with Gasteiger partial charge in [0.25, 0.3) is 5.91 Å². The maximum atomic E-state index is 13.1. The molecule has 0 unspecified atom stereocenters. The maximum Gasteiger partial charge on any atom is 0.270 e. The Morgan fingerprint density at radius 2 is 1.83 bits per heavy atom. The first-order chi connectivity index (χ1) is 14.7. The van der Waals surface area contributed by atoms with Gasteiger partial charge in [-0.15, -0.1) is 0 Å². The van der Waals surface area contributed by atoms with E-state index in [0.29, 0.717) is 12.2 Å². The van der Waals surface area contributed by atoms with Crippen molar-refractivity contribution in [2.45, 2.75) is 11.7 Å². The topological polar surface area (TPSA) is 66.3 Å². The van der Waals surface area contributed by atoms with Crippen LogP contribution in [0, 0.1) is 0 Å². The second-order valence-corrected chi connectivity index (χ2v) is 8.03. The van der Waals surface area contributed by atoms with Crippen LogP contribution in [0.2, 0.25) is 0 Å². The number of rotatable bonds is 6. The molecule has 3 heterocycles. The molecule has 0 radical (unpaired) electrons. The molecular formula is C22H26N6OS. The van der Waals surface area contributed by atoms with Crippen molar-refractivity contribution in [1.29, 1.82) is 0 Å². The number of likely N-dealkylation sites (N-methyl/N-ethyl adjacent to an activating group) is 1. The van der Waals surface area contributed by atoms with Crippen LogP contribution in [0.25, 0.3) is 5.69 Å². The van der Waals surface area contributed by atoms with Crippen LogP contribution in [0.3, 0.4) is 0 Å². The van der Waals surface area contributed by atoms with Crippen molar-refractivity contribution in [2.24, 2.45) is 0 Å². The summed E-state index contributed by atoms with van der Waals surface area (Å²) < 4.78 is 1.89. The van der Waals surface area contributed by atoms with Crippen LogP contribution in [-0.4, -0.2) is 64.8 Å². The number of pyridine rings is 1. The number of para-hydroxylation sites is 1. The standard InChI is InChI=1S/C22H26N6OS/c1-26-11-13-27(14-12-26)20-17(7-6-10-23-20)15-24-21(29)19-16-25-22(30-2)28(19)18-8-4-3-5-9-18/h3-10,16H,11-15H2,1-2H3,(H,24,29). The Kier molecular flexibility index (Phi) is 6.35. The smallest absolute Gasteiger partial charge is 0.270 e. The second kappa shape index (κ2) is 9.32. The van der Waals surface area contributed by atoms with Gasteiger partial charge in [-0.25, -0.2) is 9.97 Å². The second-order valence-electron chi connectivity index (χ2n) is 7.26. The number of carbonyl (C=O) groups is 1. The lowest BCUT2D eigenvalue weighted by Gasteiger charge is -2.34. The van der Waals surface area contributed by atoms with E-state index in [2.05, 4.69) is 32.1 Å². The zero-order valence-corrected chi connectivity index (χ0v) is 18.1. The van der Waals surface area contributed by atoms with E-state index >= 15 is 0 Å². The summed E-state index contributed by atoms with van der Waals surface area (Å²) in [7, 11) is 2.13. The number of carbonyl (C=O) groups excluding carboxylic acids is 1. The fourth-order valence-corrected chi connectivity index (χ4v) is 4.15. The van der Waals surface area contributed by atoms with Gasteiger partial charge in [-0.1, -0.05) is 36.0 Å². The van der Waals surface area contributed by atoms with Gasteiger partial charge in [0.15, 0.2) is 5.16 Å². The molecule has 7 nitrogen and oxygen atoms in total. The summed E-state index contributed by atoms with van der Waals surface area (Å²) in [6.45, 7) is 4.31. The fraction of sp³-hybridized carbons (Fsp3) is 0.318. The highest BCUT2D eigenvalue weighted by molar-refractivity contribution is 7.98. The lowest BCUT2D eigenvalue weighted by Crippen LogP contribution is -2.45. The minimum atomic E-state index is -0.153. The third kappa shape index (κ3) is 4.34. The number of nitrogens with zero attached hydrogens (tertiary/aromatic N) is 5. The third-order valence-corrected chi connectivity index (χ3v) is 5.92. The third-order valence-electron chi connectivity index (χ3n) is 5.27. The normalized spacial score (nSPS) is 14.7. The van der Waals surface area contributed by atoms with Crippen molar-refractivity contribution in [3.05, 3.63) is 66.1 Å². The number of imidazole rings is 1. The summed E-state index contributed by atoms with van der Waals surface area (Å²) >= 11 is 1.52. The highest BCUT2D eigenvalue weighted by atomic mass is 32.2. The van der Waals surface area contributed by atoms with E-state index in [1.165, 1.54) is 11.8 Å². The summed E-state index contributed by atoms with van der Waals surface area (Å²) in [6, 6.07) is 13.8. The lowest BCUT2D eigenvalue weighted by molar-refractivity contribution is 0.0943. The van der Waals surface area contributed by atoms with Crippen molar-refractivity contribution >= 4 is 23.5 Å². The SMILES string of the molecule is CSc1ncc(C(=O)NCc2cccnc2N2CCN(C)CC2)n1-c1ccccc1. The van der Waals surface area contributed by atoms with Gasteiger partial charge in [-0.3, -0.25) is 9.36 Å². The van der Waals surface area contributed by atoms with Crippen molar-refractivity contribution < 1.29 is 4.79 Å². The number of amides is 1. The van der Waals surface area contributed by atoms with Crippen LogP contribution in [-0.2, 0) is 6.54 Å². The molecule has 4 rings (SSSR count). The molecule has 1 aromatic carbocycles. The number of aromatic nitrogens is 3. The number of thioether (sulfide) groups is 1. The van der Waals surface area contributed by atoms with E-state index in [1.807, 2.05) is 59.5 Å². The summed E-state index contributed by atoms with van der Waals surface area (Å²) in [5.74, 6) is 0.798. The molecule has 1 aliphatic heterocycles. The van der Waals surface area contributed by atoms with Gasteiger partial charge in [-0.05, 0) is 31.5 Å². The molecule has 0 aliphatic carbocycles. The predicted molar refractivity (Wildman–Crippen MR) is 120 cm³/mol. The zero-order chi connectivity index (χ0) is 20.9. The van der Waals surface area contributed by atoms with Crippen molar-refractivity contribution in [3.63, 3.8) is 0 Å². The number of hydrogen-bond acceptors (Lipinski definition) is 6. The first-order valence-electron chi connectivity index (χ1n) is 10.00. The summed E-state index contributed by atoms with van der Waals surface area (Å²) in [4.78, 5) is 26.7. The zero-order valence-electron chi connectivity index (χ0n) is 17.3. The average Bonchev–Trinajstić information content (AvgIpc) is 3.23. The number of piperazine rings is 1. The van der Waals surface area contributed by atoms with E-state index in [4.69, 9.17) is 0 Å². The molecule has 3 aromatic rings. The van der Waals surface area contributed by atoms with Crippen molar-refractivity contribution in [1.82, 2.24) is 24.8 Å². The molecule has 0 bridgehead atoms. The molecule has 1 N–H and O–H groups in total. The van der Waals surface area contributed by atoms with E-state index in [9.17, 15) is 4.79 Å². The molecule has 1 fully saturated rings. The van der Waals surface area contributed by atoms with Crippen molar-refractivity contribution in [3.8, 4) is 5.69 Å². The molecule has 1 saturated heterocycles. The Labute approximate surface area is 181 Å². The van der Waals surface area contributed by atoms with Crippen LogP contribution < -0.4 is 10.2 Å². The number of hydrogen-bond donors (Lipinski definition) is 1. The minimum absolute atomic E-state index is 0.153. The number of anilines is 1. The van der Waals surface area contributed by atoms with Gasteiger partial charge in [0.1, 0.15) is 11.5 Å². The summed E-state index contributed by atoms with van der Waals surface area (Å²) in [6.07, 6.45) is 5.41. The van der Waals surface area contributed by atoms with Crippen LogP contribution in [0.1, 0.15) is 16.1 Å². The summed E-state index contributed by atoms with van der Waals surface area (Å²) in [5, 5.41) is 3.85. The Morgan fingerprint density at radius 1 is 1.07 bits per heavy atom. The monoisotopic (exact) mass is 422 g/mol. The molecule has 8 heteroatoms. The highest BCUT2D eigenvalue weighted by Gasteiger charge is 2.20. The first kappa shape index (κ1) is 20.4. The van der Waals surface area contributed by atoms with Crippen LogP contribution >= 0.6 is 11.8 Å². The molecule has 30 heavy (non-hydrogen) atoms. The van der Waals surface area contributed by atoms with E-state index in [0.717, 1.165) is 48.4 Å². The number of nitrogens with one attached hydrogen (secondary N) is 1. The van der Waals surface area contributed by atoms with Gasteiger partial charge in [0.2, 0.25) is 0 Å². The Balaban J connectivity index is 1.52. The van der Waals surface area contributed by atoms with Gasteiger partial charge >= 0.3 is 0 Å². The Hall–Kier alpha value is -2.84. The minimum Gasteiger partial charge on any atom is -0.354 e. The Bertz CT molecular complexity index is 998. The van der Waals surface area contributed by atoms with Crippen LogP contribution in [0.4, 0.5) is 5.82 Å². The Morgan fingerprint density at radius 3 is 2.57 bits per heavy atom. The summed E-state index contributed by atoms with van der Waals surface area (Å²) in [5.41, 5.74) is 2.46. The quantitative estimate of drug-likeness (QED) is 0.616. The molecule has 1 aliphatic rings.